The van der Waals surface area contributed by atoms with Gasteiger partial charge in [-0.1, -0.05) is 37.7 Å². The molecule has 3 rings (SSSR count). The molecule has 0 bridgehead atoms. The molecule has 2 aliphatic rings. The summed E-state index contributed by atoms with van der Waals surface area (Å²) in [5.74, 6) is -0.391. The highest BCUT2D eigenvalue weighted by molar-refractivity contribution is 8.15. The zero-order chi connectivity index (χ0) is 18.9. The Bertz CT molecular complexity index is 804. The third-order valence-electron chi connectivity index (χ3n) is 4.98. The fourth-order valence-electron chi connectivity index (χ4n) is 3.43. The number of hydrogen-bond donors (Lipinski definition) is 0. The van der Waals surface area contributed by atoms with Crippen molar-refractivity contribution in [3.63, 3.8) is 0 Å². The number of hydrogen-bond acceptors (Lipinski definition) is 4. The van der Waals surface area contributed by atoms with E-state index in [1.54, 1.807) is 12.1 Å². The van der Waals surface area contributed by atoms with Gasteiger partial charge in [0.2, 0.25) is 0 Å². The molecule has 26 heavy (non-hydrogen) atoms. The minimum absolute atomic E-state index is 0.0735. The number of sulfone groups is 1. The molecule has 2 heterocycles. The van der Waals surface area contributed by atoms with Crippen LogP contribution < -0.4 is 0 Å². The van der Waals surface area contributed by atoms with E-state index in [1.807, 2.05) is 18.7 Å². The Morgan fingerprint density at radius 1 is 1.27 bits per heavy atom. The lowest BCUT2D eigenvalue weighted by atomic mass is 10.0. The molecule has 0 aliphatic carbocycles. The number of benzene rings is 1. The number of carbonyl (C=O) groups excluding carboxylic acids is 1. The Hall–Kier alpha value is -1.41. The number of fused-ring (bicyclic) bond motifs is 1. The van der Waals surface area contributed by atoms with Crippen LogP contribution in [0.1, 0.15) is 32.3 Å². The molecule has 142 valence electrons. The monoisotopic (exact) mass is 398 g/mol. The number of nitrogens with zero attached hydrogens (tertiary/aromatic N) is 2. The molecule has 0 spiro atoms. The van der Waals surface area contributed by atoms with Gasteiger partial charge in [-0.3, -0.25) is 4.79 Å². The number of aliphatic imine (C=N–C) groups is 1. The molecule has 2 atom stereocenters. The van der Waals surface area contributed by atoms with E-state index in [2.05, 4.69) is 4.99 Å². The first-order valence-corrected chi connectivity index (χ1v) is 11.5. The van der Waals surface area contributed by atoms with Crippen LogP contribution in [0, 0.1) is 11.7 Å². The Morgan fingerprint density at radius 2 is 1.92 bits per heavy atom. The maximum absolute atomic E-state index is 13.2. The van der Waals surface area contributed by atoms with Crippen LogP contribution >= 0.6 is 11.8 Å². The standard InChI is InChI=1S/C18H23FN2O3S2/c1-3-13(4-2)17(22)20-18-21(9-12-5-7-14(19)8-6-12)15-10-26(23,24)11-16(15)25-18/h5-8,13,15-16H,3-4,9-11H2,1-2H3/t15-,16+/m0/s1. The van der Waals surface area contributed by atoms with Gasteiger partial charge in [-0.15, -0.1) is 0 Å². The molecular weight excluding hydrogens is 375 g/mol. The van der Waals surface area contributed by atoms with Gasteiger partial charge in [0.25, 0.3) is 5.91 Å². The second kappa shape index (κ2) is 7.68. The van der Waals surface area contributed by atoms with E-state index in [1.165, 1.54) is 23.9 Å². The van der Waals surface area contributed by atoms with Crippen molar-refractivity contribution in [2.45, 2.75) is 44.5 Å². The summed E-state index contributed by atoms with van der Waals surface area (Å²) >= 11 is 1.38. The highest BCUT2D eigenvalue weighted by Gasteiger charge is 2.48. The van der Waals surface area contributed by atoms with Crippen molar-refractivity contribution >= 4 is 32.7 Å². The van der Waals surface area contributed by atoms with Crippen molar-refractivity contribution in [2.24, 2.45) is 10.9 Å². The van der Waals surface area contributed by atoms with E-state index in [0.717, 1.165) is 18.4 Å². The van der Waals surface area contributed by atoms with E-state index in [-0.39, 0.29) is 40.4 Å². The Labute approximate surface area is 158 Å². The summed E-state index contributed by atoms with van der Waals surface area (Å²) < 4.78 is 37.2. The average Bonchev–Trinajstić information content (AvgIpc) is 3.03. The second-order valence-corrected chi connectivity index (χ2v) is 10.2. The maximum atomic E-state index is 13.2. The fraction of sp³-hybridized carbons (Fsp3) is 0.556. The summed E-state index contributed by atoms with van der Waals surface area (Å²) in [6.45, 7) is 4.34. The summed E-state index contributed by atoms with van der Waals surface area (Å²) in [4.78, 5) is 18.7. The number of amides is 1. The SMILES string of the molecule is CCC(CC)C(=O)N=C1S[C@@H]2CS(=O)(=O)C[C@@H]2N1Cc1ccc(F)cc1. The molecule has 8 heteroatoms. The summed E-state index contributed by atoms with van der Waals surface area (Å²) in [5, 5.41) is 0.491. The van der Waals surface area contributed by atoms with Gasteiger partial charge in [0.1, 0.15) is 5.82 Å². The van der Waals surface area contributed by atoms with Gasteiger partial charge >= 0.3 is 0 Å². The van der Waals surface area contributed by atoms with Crippen molar-refractivity contribution in [3.05, 3.63) is 35.6 Å². The molecule has 2 fully saturated rings. The molecule has 2 aliphatic heterocycles. The van der Waals surface area contributed by atoms with Crippen LogP contribution in [0.25, 0.3) is 0 Å². The van der Waals surface area contributed by atoms with Crippen molar-refractivity contribution in [1.29, 1.82) is 0 Å². The van der Waals surface area contributed by atoms with Crippen molar-refractivity contribution in [1.82, 2.24) is 4.90 Å². The maximum Gasteiger partial charge on any atom is 0.251 e. The van der Waals surface area contributed by atoms with Crippen LogP contribution in [0.5, 0.6) is 0 Å². The van der Waals surface area contributed by atoms with Gasteiger partial charge in [-0.2, -0.15) is 4.99 Å². The molecule has 0 unspecified atom stereocenters. The molecule has 2 saturated heterocycles. The molecule has 1 aromatic carbocycles. The highest BCUT2D eigenvalue weighted by Crippen LogP contribution is 2.39. The van der Waals surface area contributed by atoms with E-state index in [4.69, 9.17) is 0 Å². The number of thioether (sulfide) groups is 1. The van der Waals surface area contributed by atoms with Crippen molar-refractivity contribution in [3.8, 4) is 0 Å². The number of halogens is 1. The lowest BCUT2D eigenvalue weighted by Gasteiger charge is -2.24. The third-order valence-corrected chi connectivity index (χ3v) is 8.23. The Balaban J connectivity index is 1.88. The predicted octanol–water partition coefficient (Wildman–Crippen LogP) is 2.86. The topological polar surface area (TPSA) is 66.8 Å². The molecule has 5 nitrogen and oxygen atoms in total. The zero-order valence-electron chi connectivity index (χ0n) is 14.9. The summed E-state index contributed by atoms with van der Waals surface area (Å²) in [5.41, 5.74) is 0.861. The van der Waals surface area contributed by atoms with Crippen LogP contribution in [-0.4, -0.2) is 47.2 Å². The van der Waals surface area contributed by atoms with Crippen molar-refractivity contribution < 1.29 is 17.6 Å². The normalized spacial score (nSPS) is 25.8. The van der Waals surface area contributed by atoms with Crippen LogP contribution in [0.15, 0.2) is 29.3 Å². The van der Waals surface area contributed by atoms with E-state index < -0.39 is 9.84 Å². The molecule has 1 aromatic rings. The first-order valence-electron chi connectivity index (χ1n) is 8.83. The largest absolute Gasteiger partial charge is 0.342 e. The van der Waals surface area contributed by atoms with Crippen LogP contribution in [0.3, 0.4) is 0 Å². The van der Waals surface area contributed by atoms with Crippen molar-refractivity contribution in [2.75, 3.05) is 11.5 Å². The summed E-state index contributed by atoms with van der Waals surface area (Å²) in [7, 11) is -3.08. The van der Waals surface area contributed by atoms with Gasteiger partial charge in [-0.25, -0.2) is 12.8 Å². The highest BCUT2D eigenvalue weighted by atomic mass is 32.2. The first kappa shape index (κ1) is 19.4. The van der Waals surface area contributed by atoms with Crippen LogP contribution in [0.4, 0.5) is 4.39 Å². The van der Waals surface area contributed by atoms with Crippen LogP contribution in [0.2, 0.25) is 0 Å². The Morgan fingerprint density at radius 3 is 2.54 bits per heavy atom. The number of amidine groups is 1. The lowest BCUT2D eigenvalue weighted by Crippen LogP contribution is -2.37. The molecule has 0 saturated carbocycles. The van der Waals surface area contributed by atoms with E-state index in [0.29, 0.717) is 11.7 Å². The van der Waals surface area contributed by atoms with Gasteiger partial charge in [-0.05, 0) is 30.5 Å². The third kappa shape index (κ3) is 4.11. The molecule has 0 N–H and O–H groups in total. The van der Waals surface area contributed by atoms with Crippen LogP contribution in [-0.2, 0) is 21.2 Å². The summed E-state index contributed by atoms with van der Waals surface area (Å²) in [6.07, 6.45) is 1.46. The molecular formula is C18H23FN2O3S2. The first-order chi connectivity index (χ1) is 12.3. The zero-order valence-corrected chi connectivity index (χ0v) is 16.5. The fourth-order valence-corrected chi connectivity index (χ4v) is 7.39. The van der Waals surface area contributed by atoms with Gasteiger partial charge in [0, 0.05) is 17.7 Å². The van der Waals surface area contributed by atoms with E-state index >= 15 is 0 Å². The van der Waals surface area contributed by atoms with Gasteiger partial charge in [0.15, 0.2) is 15.0 Å². The second-order valence-electron chi connectivity index (χ2n) is 6.80. The predicted molar refractivity (Wildman–Crippen MR) is 102 cm³/mol. The summed E-state index contributed by atoms with van der Waals surface area (Å²) in [6, 6.07) is 5.93. The smallest absolute Gasteiger partial charge is 0.251 e. The van der Waals surface area contributed by atoms with Gasteiger partial charge in [0.05, 0.1) is 17.5 Å². The molecule has 1 amide bonds. The lowest BCUT2D eigenvalue weighted by molar-refractivity contribution is -0.121. The molecule has 0 radical (unpaired) electrons. The Kier molecular flexibility index (Phi) is 5.72. The average molecular weight is 399 g/mol. The quantitative estimate of drug-likeness (QED) is 0.763. The minimum Gasteiger partial charge on any atom is -0.342 e. The number of rotatable bonds is 5. The van der Waals surface area contributed by atoms with Gasteiger partial charge < -0.3 is 4.90 Å². The number of carbonyl (C=O) groups is 1. The minimum atomic E-state index is -3.08. The molecule has 0 aromatic heterocycles. The van der Waals surface area contributed by atoms with E-state index in [9.17, 15) is 17.6 Å².